The molecule has 0 spiro atoms. The highest BCUT2D eigenvalue weighted by Crippen LogP contribution is 2.04. The number of hydrogen-bond acceptors (Lipinski definition) is 2. The van der Waals surface area contributed by atoms with Crippen LogP contribution >= 0.6 is 0 Å². The van der Waals surface area contributed by atoms with Crippen LogP contribution in [0.4, 0.5) is 0 Å². The van der Waals surface area contributed by atoms with Gasteiger partial charge in [-0.2, -0.15) is 0 Å². The van der Waals surface area contributed by atoms with Crippen molar-refractivity contribution >= 4 is 5.91 Å². The van der Waals surface area contributed by atoms with Gasteiger partial charge in [0.2, 0.25) is 5.91 Å². The van der Waals surface area contributed by atoms with Crippen LogP contribution in [0.2, 0.25) is 0 Å². The van der Waals surface area contributed by atoms with E-state index >= 15 is 0 Å². The average molecular weight is 242 g/mol. The normalized spacial score (nSPS) is 10.5. The molecule has 0 saturated heterocycles. The van der Waals surface area contributed by atoms with Crippen molar-refractivity contribution in [3.63, 3.8) is 0 Å². The highest BCUT2D eigenvalue weighted by Gasteiger charge is 2.11. The third-order valence-electron chi connectivity index (χ3n) is 3.00. The van der Waals surface area contributed by atoms with Gasteiger partial charge >= 0.3 is 0 Å². The Bertz CT molecular complexity index is 173. The molecule has 0 fully saturated rings. The quantitative estimate of drug-likeness (QED) is 0.565. The molecule has 1 N–H and O–H groups in total. The largest absolute Gasteiger partial charge is 0.343 e. The van der Waals surface area contributed by atoms with Crippen LogP contribution in [0.3, 0.4) is 0 Å². The Balaban J connectivity index is 3.94. The summed E-state index contributed by atoms with van der Waals surface area (Å²) in [6.45, 7) is 7.07. The lowest BCUT2D eigenvalue weighted by molar-refractivity contribution is -0.131. The molecule has 0 unspecified atom stereocenters. The van der Waals surface area contributed by atoms with Gasteiger partial charge in [-0.1, -0.05) is 39.5 Å². The molecule has 0 aromatic rings. The van der Waals surface area contributed by atoms with Gasteiger partial charge in [0, 0.05) is 26.1 Å². The second-order valence-corrected chi connectivity index (χ2v) is 4.65. The Labute approximate surface area is 107 Å². The molecule has 0 radical (unpaired) electrons. The number of carbonyl (C=O) groups excluding carboxylic acids is 1. The Morgan fingerprint density at radius 3 is 1.94 bits per heavy atom. The summed E-state index contributed by atoms with van der Waals surface area (Å²) in [4.78, 5) is 14.0. The van der Waals surface area contributed by atoms with Gasteiger partial charge in [0.25, 0.3) is 0 Å². The fourth-order valence-electron chi connectivity index (χ4n) is 1.86. The van der Waals surface area contributed by atoms with E-state index in [-0.39, 0.29) is 0 Å². The number of rotatable bonds is 11. The monoisotopic (exact) mass is 242 g/mol. The Morgan fingerprint density at radius 1 is 1.00 bits per heavy atom. The van der Waals surface area contributed by atoms with Crippen molar-refractivity contribution in [1.29, 1.82) is 0 Å². The van der Waals surface area contributed by atoms with E-state index in [0.717, 1.165) is 32.5 Å². The first-order valence-corrected chi connectivity index (χ1v) is 7.18. The molecule has 0 aliphatic heterocycles. The van der Waals surface area contributed by atoms with Crippen LogP contribution in [-0.2, 0) is 4.79 Å². The molecule has 3 nitrogen and oxygen atoms in total. The summed E-state index contributed by atoms with van der Waals surface area (Å²) >= 11 is 0. The van der Waals surface area contributed by atoms with Crippen LogP contribution in [0.5, 0.6) is 0 Å². The predicted octanol–water partition coefficient (Wildman–Crippen LogP) is 2.80. The predicted molar refractivity (Wildman–Crippen MR) is 74.2 cm³/mol. The van der Waals surface area contributed by atoms with Gasteiger partial charge in [0.15, 0.2) is 0 Å². The number of nitrogens with one attached hydrogen (secondary N) is 1. The lowest BCUT2D eigenvalue weighted by atomic mass is 10.2. The fraction of sp³-hybridized carbons (Fsp3) is 0.929. The molecule has 0 aliphatic carbocycles. The number of amides is 1. The molecule has 1 amide bonds. The molecule has 3 heteroatoms. The molecule has 0 aromatic heterocycles. The second-order valence-electron chi connectivity index (χ2n) is 4.65. The van der Waals surface area contributed by atoms with Gasteiger partial charge in [0.05, 0.1) is 0 Å². The lowest BCUT2D eigenvalue weighted by Crippen LogP contribution is -2.34. The third kappa shape index (κ3) is 9.16. The maximum absolute atomic E-state index is 12.0. The maximum Gasteiger partial charge on any atom is 0.223 e. The summed E-state index contributed by atoms with van der Waals surface area (Å²) in [6, 6.07) is 0. The van der Waals surface area contributed by atoms with Gasteiger partial charge in [-0.15, -0.1) is 0 Å². The minimum atomic E-state index is 0.312. The van der Waals surface area contributed by atoms with Gasteiger partial charge < -0.3 is 10.2 Å². The van der Waals surface area contributed by atoms with Gasteiger partial charge in [-0.05, 0) is 19.9 Å². The van der Waals surface area contributed by atoms with Gasteiger partial charge in [0.1, 0.15) is 0 Å². The van der Waals surface area contributed by atoms with Gasteiger partial charge in [-0.3, -0.25) is 4.79 Å². The van der Waals surface area contributed by atoms with Gasteiger partial charge in [-0.25, -0.2) is 0 Å². The minimum Gasteiger partial charge on any atom is -0.343 e. The molecule has 0 saturated carbocycles. The van der Waals surface area contributed by atoms with Crippen LogP contribution < -0.4 is 5.32 Å². The second kappa shape index (κ2) is 11.9. The zero-order valence-corrected chi connectivity index (χ0v) is 11.9. The van der Waals surface area contributed by atoms with E-state index in [2.05, 4.69) is 24.1 Å². The van der Waals surface area contributed by atoms with Crippen LogP contribution in [0.25, 0.3) is 0 Å². The first kappa shape index (κ1) is 16.4. The van der Waals surface area contributed by atoms with E-state index in [1.165, 1.54) is 25.7 Å². The van der Waals surface area contributed by atoms with Crippen molar-refractivity contribution in [2.24, 2.45) is 0 Å². The van der Waals surface area contributed by atoms with Crippen LogP contribution in [0.1, 0.15) is 58.8 Å². The number of hydrogen-bond donors (Lipinski definition) is 1. The van der Waals surface area contributed by atoms with Crippen molar-refractivity contribution in [1.82, 2.24) is 10.2 Å². The lowest BCUT2D eigenvalue weighted by Gasteiger charge is -2.22. The maximum atomic E-state index is 12.0. The summed E-state index contributed by atoms with van der Waals surface area (Å²) in [7, 11) is 1.89. The molecule has 0 heterocycles. The summed E-state index contributed by atoms with van der Waals surface area (Å²) in [5.74, 6) is 0.312. The standard InChI is InChI=1S/C14H30N2O/c1-4-6-8-12-16(13-9-7-5-2)14(17)10-11-15-3/h15H,4-13H2,1-3H3. The van der Waals surface area contributed by atoms with E-state index in [4.69, 9.17) is 0 Å². The molecule has 0 rings (SSSR count). The minimum absolute atomic E-state index is 0.312. The van der Waals surface area contributed by atoms with Crippen LogP contribution in [-0.4, -0.2) is 37.5 Å². The van der Waals surface area contributed by atoms with E-state index < -0.39 is 0 Å². The zero-order valence-electron chi connectivity index (χ0n) is 11.9. The first-order chi connectivity index (χ1) is 8.26. The number of nitrogens with zero attached hydrogens (tertiary/aromatic N) is 1. The van der Waals surface area contributed by atoms with Crippen LogP contribution in [0.15, 0.2) is 0 Å². The van der Waals surface area contributed by atoms with E-state index in [0.29, 0.717) is 12.3 Å². The average Bonchev–Trinajstić information content (AvgIpc) is 2.34. The fourth-order valence-corrected chi connectivity index (χ4v) is 1.86. The molecule has 0 bridgehead atoms. The highest BCUT2D eigenvalue weighted by atomic mass is 16.2. The van der Waals surface area contributed by atoms with Crippen LogP contribution in [0, 0.1) is 0 Å². The summed E-state index contributed by atoms with van der Waals surface area (Å²) in [5.41, 5.74) is 0. The molecule has 0 atom stereocenters. The van der Waals surface area contributed by atoms with E-state index in [1.807, 2.05) is 7.05 Å². The van der Waals surface area contributed by atoms with Crippen molar-refractivity contribution in [2.75, 3.05) is 26.7 Å². The molecular weight excluding hydrogens is 212 g/mol. The zero-order chi connectivity index (χ0) is 12.9. The van der Waals surface area contributed by atoms with Crippen molar-refractivity contribution in [3.05, 3.63) is 0 Å². The Hall–Kier alpha value is -0.570. The molecule has 0 aliphatic rings. The SMILES string of the molecule is CCCCCN(CCCCC)C(=O)CCNC. The topological polar surface area (TPSA) is 32.3 Å². The molecule has 17 heavy (non-hydrogen) atoms. The summed E-state index contributed by atoms with van der Waals surface area (Å²) in [6.07, 6.45) is 7.81. The highest BCUT2D eigenvalue weighted by molar-refractivity contribution is 5.76. The molecule has 102 valence electrons. The summed E-state index contributed by atoms with van der Waals surface area (Å²) < 4.78 is 0. The van der Waals surface area contributed by atoms with Crippen molar-refractivity contribution in [2.45, 2.75) is 58.8 Å². The smallest absolute Gasteiger partial charge is 0.223 e. The number of carbonyl (C=O) groups is 1. The molecular formula is C14H30N2O. The van der Waals surface area contributed by atoms with E-state index in [9.17, 15) is 4.79 Å². The van der Waals surface area contributed by atoms with Crippen molar-refractivity contribution in [3.8, 4) is 0 Å². The Kier molecular flexibility index (Phi) is 11.5. The number of unbranched alkanes of at least 4 members (excludes halogenated alkanes) is 4. The third-order valence-corrected chi connectivity index (χ3v) is 3.00. The summed E-state index contributed by atoms with van der Waals surface area (Å²) in [5, 5.41) is 3.04. The first-order valence-electron chi connectivity index (χ1n) is 7.18. The Morgan fingerprint density at radius 2 is 1.53 bits per heavy atom. The molecule has 0 aromatic carbocycles. The van der Waals surface area contributed by atoms with Crippen molar-refractivity contribution < 1.29 is 4.79 Å². The van der Waals surface area contributed by atoms with E-state index in [1.54, 1.807) is 0 Å².